The second-order valence-corrected chi connectivity index (χ2v) is 29.9. The molecule has 2 fully saturated rings. The molecule has 2 heterocycles. The standard InChI is InChI=1S/C73H107F2IN12O13/c1-18-47(7)63-70(99)83(12)41-61(91)81(10)42-62(92)85(14)57(38-49-25-23-46(6)24-26-49)68(97)82(11)40-59(89)77-53(37-50-21-19-22-51(76)35-50)64(93)78-55(36-48-27-29-52(101-17)30-28-48)67(96)87(16)72(8,9)71(100)79-54(33-44(2)3)66(95)86(15)58(69(98)88-32-20-31-73(74,75)43-88)39-60(90)84(13)56(34-45(4)5)65(94)80-63/h19,21-30,35,44-45,47,53-58,63,71,79,100H,18,20,31-34,36-43H2,1-17H3,(H,77,89)(H,78,93)(H,80,94)/t47-,53-,54+,55-,56-,57-,58-,63?,71?/m0/s1. The Morgan fingerprint density at radius 2 is 1.21 bits per heavy atom. The Bertz CT molecular complexity index is 3400. The number of carbonyl (C=O) groups is 11. The average molecular weight is 1530 g/mol. The summed E-state index contributed by atoms with van der Waals surface area (Å²) in [6.07, 6.45) is -3.04. The van der Waals surface area contributed by atoms with E-state index < -0.39 is 170 Å². The van der Waals surface area contributed by atoms with Crippen LogP contribution in [0.1, 0.15) is 116 Å². The summed E-state index contributed by atoms with van der Waals surface area (Å²) in [5.74, 6) is -12.3. The SMILES string of the molecule is CC[C@H](C)C1NC(=O)[C@H](CC(C)C)N(C)C(=O)C[C@@H](C(=O)N2CCCC(F)(F)C2)N(C)C(=O)[C@@H](CC(C)C)NC(O)C(C)(C)N(C)C(=O)[C@H](Cc2ccc(OC)cc2)NC(=O)[C@H](Cc2cccc(I)c2)NC(=O)CN(C)C(=O)[C@H](Cc2ccc(C)cc2)N(C)C(=O)CN(C)C(=O)CN(C)C1=O. The van der Waals surface area contributed by atoms with E-state index in [-0.39, 0.29) is 56.9 Å². The summed E-state index contributed by atoms with van der Waals surface area (Å²) in [7, 11) is 10.9. The number of benzene rings is 3. The lowest BCUT2D eigenvalue weighted by atomic mass is 9.95. The van der Waals surface area contributed by atoms with Crippen molar-refractivity contribution in [2.24, 2.45) is 17.8 Å². The predicted octanol–water partition coefficient (Wildman–Crippen LogP) is 4.26. The minimum Gasteiger partial charge on any atom is -0.497 e. The fourth-order valence-electron chi connectivity index (χ4n) is 12.2. The van der Waals surface area contributed by atoms with Gasteiger partial charge < -0.3 is 65.0 Å². The van der Waals surface area contributed by atoms with Crippen molar-refractivity contribution in [3.05, 3.63) is 98.6 Å². The summed E-state index contributed by atoms with van der Waals surface area (Å²) in [6, 6.07) is 11.5. The number of nitrogens with one attached hydrogen (secondary N) is 4. The molecule has 3 aromatic carbocycles. The molecule has 0 aromatic heterocycles. The van der Waals surface area contributed by atoms with Crippen molar-refractivity contribution in [1.29, 1.82) is 0 Å². The highest BCUT2D eigenvalue weighted by molar-refractivity contribution is 14.1. The Labute approximate surface area is 607 Å². The number of likely N-dealkylation sites (N-methyl/N-ethyl adjacent to an activating group) is 7. The van der Waals surface area contributed by atoms with Crippen LogP contribution in [0.3, 0.4) is 0 Å². The molecule has 25 nitrogen and oxygen atoms in total. The Balaban J connectivity index is 1.67. The lowest BCUT2D eigenvalue weighted by Gasteiger charge is -2.43. The van der Waals surface area contributed by atoms with Crippen molar-refractivity contribution in [3.63, 3.8) is 0 Å². The number of likely N-dealkylation sites (tertiary alicyclic amines) is 1. The predicted molar refractivity (Wildman–Crippen MR) is 386 cm³/mol. The van der Waals surface area contributed by atoms with Crippen molar-refractivity contribution in [3.8, 4) is 5.75 Å². The van der Waals surface area contributed by atoms with Crippen LogP contribution in [0.2, 0.25) is 0 Å². The number of piperidine rings is 1. The van der Waals surface area contributed by atoms with E-state index in [0.717, 1.165) is 38.5 Å². The van der Waals surface area contributed by atoms with Crippen LogP contribution in [-0.4, -0.2) is 258 Å². The molecule has 5 N–H and O–H groups in total. The Morgan fingerprint density at radius 1 is 0.634 bits per heavy atom. The van der Waals surface area contributed by atoms with Crippen molar-refractivity contribution in [1.82, 2.24) is 60.5 Å². The normalized spacial score (nSPS) is 24.4. The summed E-state index contributed by atoms with van der Waals surface area (Å²) in [5, 5.41) is 24.0. The molecule has 11 amide bonds. The minimum atomic E-state index is -3.30. The van der Waals surface area contributed by atoms with Gasteiger partial charge in [-0.15, -0.1) is 0 Å². The molecule has 0 radical (unpaired) electrons. The molecule has 101 heavy (non-hydrogen) atoms. The highest BCUT2D eigenvalue weighted by Gasteiger charge is 2.46. The molecule has 0 saturated carbocycles. The number of aliphatic hydroxyl groups excluding tert-OH is 1. The molecule has 0 spiro atoms. The average Bonchev–Trinajstić information content (AvgIpc) is 0.805. The maximum atomic E-state index is 15.4. The molecule has 28 heteroatoms. The molecule has 9 atom stereocenters. The maximum absolute atomic E-state index is 15.4. The van der Waals surface area contributed by atoms with Gasteiger partial charge in [-0.1, -0.05) is 102 Å². The quantitative estimate of drug-likeness (QED) is 0.141. The number of nitrogens with zero attached hydrogens (tertiary/aromatic N) is 8. The van der Waals surface area contributed by atoms with E-state index in [1.54, 1.807) is 90.1 Å². The lowest BCUT2D eigenvalue weighted by Crippen LogP contribution is -2.65. The third-order valence-electron chi connectivity index (χ3n) is 19.2. The second-order valence-electron chi connectivity index (χ2n) is 28.6. The van der Waals surface area contributed by atoms with Crippen LogP contribution in [0.5, 0.6) is 5.75 Å². The first-order valence-electron chi connectivity index (χ1n) is 34.4. The largest absolute Gasteiger partial charge is 0.497 e. The number of amides is 11. The van der Waals surface area contributed by atoms with Gasteiger partial charge in [0, 0.05) is 85.1 Å². The van der Waals surface area contributed by atoms with Gasteiger partial charge in [0.2, 0.25) is 65.0 Å². The van der Waals surface area contributed by atoms with Gasteiger partial charge in [-0.05, 0) is 121 Å². The van der Waals surface area contributed by atoms with Gasteiger partial charge >= 0.3 is 0 Å². The summed E-state index contributed by atoms with van der Waals surface area (Å²) >= 11 is 2.11. The van der Waals surface area contributed by atoms with Crippen LogP contribution in [0.25, 0.3) is 0 Å². The molecule has 558 valence electrons. The fraction of sp³-hybridized carbons (Fsp3) is 0.603. The Morgan fingerprint density at radius 3 is 1.79 bits per heavy atom. The van der Waals surface area contributed by atoms with Gasteiger partial charge in [-0.2, -0.15) is 0 Å². The number of alkyl halides is 2. The third kappa shape index (κ3) is 23.6. The highest BCUT2D eigenvalue weighted by Crippen LogP contribution is 2.29. The minimum absolute atomic E-state index is 0.00428. The van der Waals surface area contributed by atoms with E-state index in [2.05, 4.69) is 43.9 Å². The molecule has 2 aliphatic heterocycles. The van der Waals surface area contributed by atoms with E-state index in [4.69, 9.17) is 4.74 Å². The number of methoxy groups -OCH3 is 1. The van der Waals surface area contributed by atoms with Crippen LogP contribution in [0.4, 0.5) is 8.78 Å². The molecule has 0 aliphatic carbocycles. The summed E-state index contributed by atoms with van der Waals surface area (Å²) in [4.78, 5) is 172. The van der Waals surface area contributed by atoms with E-state index in [1.165, 1.54) is 80.1 Å². The summed E-state index contributed by atoms with van der Waals surface area (Å²) in [5.41, 5.74) is 1.12. The first-order valence-corrected chi connectivity index (χ1v) is 35.5. The number of hydrogen-bond donors (Lipinski definition) is 5. The van der Waals surface area contributed by atoms with Gasteiger partial charge in [-0.25, -0.2) is 8.78 Å². The molecule has 0 bridgehead atoms. The maximum Gasteiger partial charge on any atom is 0.265 e. The van der Waals surface area contributed by atoms with Crippen molar-refractivity contribution in [2.45, 2.75) is 180 Å². The highest BCUT2D eigenvalue weighted by atomic mass is 127. The van der Waals surface area contributed by atoms with E-state index in [1.807, 2.05) is 31.2 Å². The number of aliphatic hydroxyl groups is 1. The number of halogens is 3. The van der Waals surface area contributed by atoms with Crippen LogP contribution in [-0.2, 0) is 72.0 Å². The van der Waals surface area contributed by atoms with E-state index >= 15 is 23.2 Å². The number of carbonyl (C=O) groups excluding carboxylic acids is 11. The summed E-state index contributed by atoms with van der Waals surface area (Å²) < 4.78 is 36.7. The molecule has 2 unspecified atom stereocenters. The van der Waals surface area contributed by atoms with Crippen molar-refractivity contribution >= 4 is 87.6 Å². The zero-order chi connectivity index (χ0) is 75.7. The van der Waals surface area contributed by atoms with Crippen LogP contribution >= 0.6 is 22.6 Å². The van der Waals surface area contributed by atoms with Crippen molar-refractivity contribution in [2.75, 3.05) is 89.2 Å². The van der Waals surface area contributed by atoms with E-state index in [9.17, 15) is 43.5 Å². The number of aryl methyl sites for hydroxylation is 1. The summed E-state index contributed by atoms with van der Waals surface area (Å²) in [6.45, 7) is 12.8. The monoisotopic (exact) mass is 1520 g/mol. The molecular formula is C73H107F2IN12O13. The number of rotatable bonds is 14. The van der Waals surface area contributed by atoms with Gasteiger partial charge in [0.1, 0.15) is 48.2 Å². The van der Waals surface area contributed by atoms with Gasteiger partial charge in [0.15, 0.2) is 0 Å². The third-order valence-corrected chi connectivity index (χ3v) is 19.9. The zero-order valence-electron chi connectivity index (χ0n) is 61.7. The number of hydrogen-bond acceptors (Lipinski definition) is 14. The number of ether oxygens (including phenoxy) is 1. The smallest absolute Gasteiger partial charge is 0.265 e. The molecular weight excluding hydrogens is 1420 g/mol. The van der Waals surface area contributed by atoms with Gasteiger partial charge in [-0.3, -0.25) is 58.1 Å². The fourth-order valence-corrected chi connectivity index (χ4v) is 12.8. The van der Waals surface area contributed by atoms with Crippen molar-refractivity contribution < 1.29 is 71.4 Å². The Kier molecular flexibility index (Phi) is 31.0. The van der Waals surface area contributed by atoms with Gasteiger partial charge in [0.05, 0.1) is 51.3 Å². The topological polar surface area (TPSA) is 291 Å². The zero-order valence-corrected chi connectivity index (χ0v) is 63.9. The Hall–Kier alpha value is -7.86. The van der Waals surface area contributed by atoms with Crippen LogP contribution in [0.15, 0.2) is 72.8 Å². The molecule has 2 saturated heterocycles. The van der Waals surface area contributed by atoms with Crippen LogP contribution < -0.4 is 26.0 Å². The molecule has 2 aliphatic rings. The first-order chi connectivity index (χ1) is 47.2. The molecule has 5 rings (SSSR count). The second kappa shape index (κ2) is 37.4. The van der Waals surface area contributed by atoms with Crippen LogP contribution in [0, 0.1) is 28.2 Å². The molecule has 3 aromatic rings. The lowest BCUT2D eigenvalue weighted by molar-refractivity contribution is -0.156. The first kappa shape index (κ1) is 83.8. The van der Waals surface area contributed by atoms with Gasteiger partial charge in [0.25, 0.3) is 5.92 Å². The van der Waals surface area contributed by atoms with E-state index in [0.29, 0.717) is 28.9 Å².